The van der Waals surface area contributed by atoms with Gasteiger partial charge in [0.25, 0.3) is 0 Å². The fraction of sp³-hybridized carbons (Fsp3) is 0.562. The van der Waals surface area contributed by atoms with Crippen LogP contribution in [0.15, 0.2) is 18.2 Å². The minimum absolute atomic E-state index is 0.571. The molecule has 2 N–H and O–H groups in total. The smallest absolute Gasteiger partial charge is 0.121 e. The number of aryl methyl sites for hydroxylation is 1. The SMILES string of the molecule is COc1ccc2c(c1)nc(C1CCC(CN)CC1)n2C. The average molecular weight is 273 g/mol. The second-order valence-electron chi connectivity index (χ2n) is 5.84. The lowest BCUT2D eigenvalue weighted by molar-refractivity contribution is 0.323. The maximum Gasteiger partial charge on any atom is 0.121 e. The predicted octanol–water partition coefficient (Wildman–Crippen LogP) is 2.81. The van der Waals surface area contributed by atoms with Gasteiger partial charge in [0.1, 0.15) is 11.6 Å². The number of aromatic nitrogens is 2. The van der Waals surface area contributed by atoms with Gasteiger partial charge < -0.3 is 15.0 Å². The number of benzene rings is 1. The molecule has 0 saturated heterocycles. The van der Waals surface area contributed by atoms with Crippen LogP contribution in [0.1, 0.15) is 37.4 Å². The summed E-state index contributed by atoms with van der Waals surface area (Å²) in [5.41, 5.74) is 7.99. The van der Waals surface area contributed by atoms with Gasteiger partial charge in [0.2, 0.25) is 0 Å². The normalized spacial score (nSPS) is 23.1. The van der Waals surface area contributed by atoms with Crippen LogP contribution in [0.3, 0.4) is 0 Å². The van der Waals surface area contributed by atoms with Crippen molar-refractivity contribution in [2.45, 2.75) is 31.6 Å². The van der Waals surface area contributed by atoms with Crippen LogP contribution in [0.4, 0.5) is 0 Å². The van der Waals surface area contributed by atoms with E-state index in [2.05, 4.69) is 17.7 Å². The molecule has 2 aromatic rings. The lowest BCUT2D eigenvalue weighted by Gasteiger charge is -2.27. The van der Waals surface area contributed by atoms with Gasteiger partial charge in [-0.25, -0.2) is 4.98 Å². The lowest BCUT2D eigenvalue weighted by atomic mass is 9.81. The molecule has 4 heteroatoms. The lowest BCUT2D eigenvalue weighted by Crippen LogP contribution is -2.21. The topological polar surface area (TPSA) is 53.1 Å². The molecule has 1 aromatic carbocycles. The Hall–Kier alpha value is -1.55. The van der Waals surface area contributed by atoms with Gasteiger partial charge in [-0.2, -0.15) is 0 Å². The molecule has 0 radical (unpaired) electrons. The number of imidazole rings is 1. The molecule has 1 aromatic heterocycles. The fourth-order valence-electron chi connectivity index (χ4n) is 3.35. The van der Waals surface area contributed by atoms with Crippen LogP contribution in [0.25, 0.3) is 11.0 Å². The number of nitrogens with two attached hydrogens (primary N) is 1. The molecule has 0 bridgehead atoms. The zero-order valence-corrected chi connectivity index (χ0v) is 12.3. The summed E-state index contributed by atoms with van der Waals surface area (Å²) in [5.74, 6) is 3.36. The van der Waals surface area contributed by atoms with Gasteiger partial charge in [-0.3, -0.25) is 0 Å². The monoisotopic (exact) mass is 273 g/mol. The van der Waals surface area contributed by atoms with E-state index in [0.29, 0.717) is 11.8 Å². The summed E-state index contributed by atoms with van der Waals surface area (Å²) in [7, 11) is 3.81. The highest BCUT2D eigenvalue weighted by atomic mass is 16.5. The number of methoxy groups -OCH3 is 1. The van der Waals surface area contributed by atoms with Crippen molar-refractivity contribution in [2.75, 3.05) is 13.7 Å². The second-order valence-corrected chi connectivity index (χ2v) is 5.84. The van der Waals surface area contributed by atoms with Crippen molar-refractivity contribution in [3.05, 3.63) is 24.0 Å². The molecule has 1 heterocycles. The Morgan fingerprint density at radius 2 is 2.05 bits per heavy atom. The highest BCUT2D eigenvalue weighted by Crippen LogP contribution is 2.36. The van der Waals surface area contributed by atoms with E-state index < -0.39 is 0 Å². The number of ether oxygens (including phenoxy) is 1. The van der Waals surface area contributed by atoms with Crippen molar-refractivity contribution in [1.82, 2.24) is 9.55 Å². The van der Waals surface area contributed by atoms with Crippen LogP contribution in [-0.2, 0) is 7.05 Å². The summed E-state index contributed by atoms with van der Waals surface area (Å²) < 4.78 is 7.52. The van der Waals surface area contributed by atoms with Crippen molar-refractivity contribution in [1.29, 1.82) is 0 Å². The number of nitrogens with zero attached hydrogens (tertiary/aromatic N) is 2. The van der Waals surface area contributed by atoms with Gasteiger partial charge in [0, 0.05) is 19.0 Å². The number of hydrogen-bond donors (Lipinski definition) is 1. The predicted molar refractivity (Wildman–Crippen MR) is 81.0 cm³/mol. The molecule has 1 aliphatic carbocycles. The standard InChI is InChI=1S/C16H23N3O/c1-19-15-8-7-13(20-2)9-14(15)18-16(19)12-5-3-11(10-17)4-6-12/h7-9,11-12H,3-6,10,17H2,1-2H3. The van der Waals surface area contributed by atoms with E-state index in [9.17, 15) is 0 Å². The molecule has 0 spiro atoms. The molecule has 1 saturated carbocycles. The summed E-state index contributed by atoms with van der Waals surface area (Å²) in [6.07, 6.45) is 4.87. The van der Waals surface area contributed by atoms with E-state index >= 15 is 0 Å². The minimum atomic E-state index is 0.571. The highest BCUT2D eigenvalue weighted by Gasteiger charge is 2.25. The summed E-state index contributed by atoms with van der Waals surface area (Å²) in [4.78, 5) is 4.85. The molecule has 4 nitrogen and oxygen atoms in total. The molecule has 108 valence electrons. The molecule has 0 amide bonds. The minimum Gasteiger partial charge on any atom is -0.497 e. The van der Waals surface area contributed by atoms with E-state index in [1.807, 2.05) is 12.1 Å². The van der Waals surface area contributed by atoms with Crippen molar-refractivity contribution in [2.24, 2.45) is 18.7 Å². The first-order chi connectivity index (χ1) is 9.72. The Kier molecular flexibility index (Phi) is 3.66. The van der Waals surface area contributed by atoms with Gasteiger partial charge in [0.15, 0.2) is 0 Å². The van der Waals surface area contributed by atoms with Gasteiger partial charge in [-0.15, -0.1) is 0 Å². The molecule has 0 atom stereocenters. The molecular formula is C16H23N3O. The van der Waals surface area contributed by atoms with Crippen LogP contribution in [0.2, 0.25) is 0 Å². The average Bonchev–Trinajstić information content (AvgIpc) is 2.84. The number of rotatable bonds is 3. The molecule has 20 heavy (non-hydrogen) atoms. The number of fused-ring (bicyclic) bond motifs is 1. The van der Waals surface area contributed by atoms with Gasteiger partial charge >= 0.3 is 0 Å². The summed E-state index contributed by atoms with van der Waals surface area (Å²) in [6.45, 7) is 0.826. The van der Waals surface area contributed by atoms with Gasteiger partial charge in [-0.1, -0.05) is 0 Å². The zero-order chi connectivity index (χ0) is 14.1. The van der Waals surface area contributed by atoms with Gasteiger partial charge in [0.05, 0.1) is 18.1 Å². The first-order valence-electron chi connectivity index (χ1n) is 7.43. The van der Waals surface area contributed by atoms with E-state index in [0.717, 1.165) is 17.8 Å². The maximum absolute atomic E-state index is 5.78. The Balaban J connectivity index is 1.90. The quantitative estimate of drug-likeness (QED) is 0.935. The van der Waals surface area contributed by atoms with Crippen molar-refractivity contribution in [3.63, 3.8) is 0 Å². The molecule has 0 unspecified atom stereocenters. The second kappa shape index (κ2) is 5.44. The Bertz CT molecular complexity index is 597. The summed E-state index contributed by atoms with van der Waals surface area (Å²) in [6, 6.07) is 6.11. The van der Waals surface area contributed by atoms with Crippen molar-refractivity contribution < 1.29 is 4.74 Å². The molecule has 1 aliphatic rings. The Morgan fingerprint density at radius 3 is 2.70 bits per heavy atom. The largest absolute Gasteiger partial charge is 0.497 e. The number of hydrogen-bond acceptors (Lipinski definition) is 3. The van der Waals surface area contributed by atoms with Crippen molar-refractivity contribution in [3.8, 4) is 5.75 Å². The van der Waals surface area contributed by atoms with Crippen LogP contribution in [0, 0.1) is 5.92 Å². The van der Waals surface area contributed by atoms with Crippen LogP contribution < -0.4 is 10.5 Å². The van der Waals surface area contributed by atoms with E-state index in [1.165, 1.54) is 37.0 Å². The van der Waals surface area contributed by atoms with Crippen LogP contribution in [0.5, 0.6) is 5.75 Å². The third-order valence-electron chi connectivity index (χ3n) is 4.67. The van der Waals surface area contributed by atoms with Crippen molar-refractivity contribution >= 4 is 11.0 Å². The highest BCUT2D eigenvalue weighted by molar-refractivity contribution is 5.77. The van der Waals surface area contributed by atoms with Crippen LogP contribution >= 0.6 is 0 Å². The van der Waals surface area contributed by atoms with Crippen LogP contribution in [-0.4, -0.2) is 23.2 Å². The Labute approximate surface area is 119 Å². The van der Waals surface area contributed by atoms with E-state index in [-0.39, 0.29) is 0 Å². The maximum atomic E-state index is 5.78. The van der Waals surface area contributed by atoms with Gasteiger partial charge in [-0.05, 0) is 50.3 Å². The molecule has 1 fully saturated rings. The van der Waals surface area contributed by atoms with E-state index in [1.54, 1.807) is 7.11 Å². The van der Waals surface area contributed by atoms with E-state index in [4.69, 9.17) is 15.5 Å². The third-order valence-corrected chi connectivity index (χ3v) is 4.67. The Morgan fingerprint density at radius 1 is 1.30 bits per heavy atom. The molecular weight excluding hydrogens is 250 g/mol. The summed E-state index contributed by atoms with van der Waals surface area (Å²) in [5, 5.41) is 0. The summed E-state index contributed by atoms with van der Waals surface area (Å²) >= 11 is 0. The zero-order valence-electron chi connectivity index (χ0n) is 12.3. The first kappa shape index (κ1) is 13.4. The molecule has 3 rings (SSSR count). The fourth-order valence-corrected chi connectivity index (χ4v) is 3.35. The third kappa shape index (κ3) is 2.29. The first-order valence-corrected chi connectivity index (χ1v) is 7.43. The molecule has 0 aliphatic heterocycles.